The molecule has 24 heavy (non-hydrogen) atoms. The van der Waals surface area contributed by atoms with Crippen LogP contribution >= 0.6 is 0 Å². The summed E-state index contributed by atoms with van der Waals surface area (Å²) in [4.78, 5) is 26.1. The van der Waals surface area contributed by atoms with Gasteiger partial charge in [-0.3, -0.25) is 4.57 Å². The lowest BCUT2D eigenvalue weighted by molar-refractivity contribution is 0.233. The van der Waals surface area contributed by atoms with Gasteiger partial charge in [-0.15, -0.1) is 4.98 Å². The van der Waals surface area contributed by atoms with Gasteiger partial charge in [0, 0.05) is 26.2 Å². The number of fused-ring (bicyclic) bond motifs is 1. The molecule has 1 aliphatic heterocycles. The first-order valence-electron chi connectivity index (χ1n) is 7.95. The molecule has 3 heterocycles. The molecular weight excluding hydrogens is 308 g/mol. The molecule has 2 aromatic rings. The number of hydrogen-bond donors (Lipinski definition) is 2. The Kier molecular flexibility index (Phi) is 4.46. The zero-order valence-electron chi connectivity index (χ0n) is 13.7. The number of aromatic nitrogens is 3. The topological polar surface area (TPSA) is 87.6 Å². The summed E-state index contributed by atoms with van der Waals surface area (Å²) in [5, 5.41) is 13.1. The second-order valence-electron chi connectivity index (χ2n) is 5.93. The van der Waals surface area contributed by atoms with Gasteiger partial charge in [-0.25, -0.2) is 4.79 Å². The van der Waals surface area contributed by atoms with Gasteiger partial charge in [-0.1, -0.05) is 13.5 Å². The first-order chi connectivity index (χ1) is 11.6. The van der Waals surface area contributed by atoms with Crippen LogP contribution in [0.25, 0.3) is 15.9 Å². The van der Waals surface area contributed by atoms with Gasteiger partial charge >= 0.3 is 5.69 Å². The van der Waals surface area contributed by atoms with Gasteiger partial charge in [0.15, 0.2) is 5.82 Å². The van der Waals surface area contributed by atoms with Gasteiger partial charge in [0.25, 0.3) is 5.82 Å². The standard InChI is InChI=1S/C16H20N6O2/c1-4-10-8-22(11(9-23)7-18-10)15-14-12(21(3)16(24)20-15)5-6-13(17-2)19-14/h5-6,10-11,18,23H,4,7-9H2,1,3H3/t10-,11-/m1/s1. The molecular formula is C16H20N6O2. The Bertz CT molecular complexity index is 856. The molecule has 0 aromatic carbocycles. The van der Waals surface area contributed by atoms with Crippen LogP contribution in [-0.2, 0) is 7.05 Å². The molecule has 0 radical (unpaired) electrons. The van der Waals surface area contributed by atoms with E-state index in [2.05, 4.69) is 27.1 Å². The Balaban J connectivity index is 2.21. The molecule has 2 N–H and O–H groups in total. The van der Waals surface area contributed by atoms with Crippen molar-refractivity contribution in [3.05, 3.63) is 34.0 Å². The zero-order chi connectivity index (χ0) is 17.3. The van der Waals surface area contributed by atoms with E-state index < -0.39 is 0 Å². The zero-order valence-corrected chi connectivity index (χ0v) is 13.7. The highest BCUT2D eigenvalue weighted by Gasteiger charge is 2.31. The molecule has 0 spiro atoms. The van der Waals surface area contributed by atoms with Crippen molar-refractivity contribution in [2.24, 2.45) is 7.05 Å². The average molecular weight is 328 g/mol. The van der Waals surface area contributed by atoms with Crippen LogP contribution in [-0.4, -0.2) is 51.4 Å². The fourth-order valence-electron chi connectivity index (χ4n) is 3.02. The van der Waals surface area contributed by atoms with E-state index in [1.54, 1.807) is 19.2 Å². The molecule has 2 atom stereocenters. The fraction of sp³-hybridized carbons (Fsp3) is 0.500. The van der Waals surface area contributed by atoms with Crippen molar-refractivity contribution in [1.29, 1.82) is 0 Å². The number of pyridine rings is 1. The predicted octanol–water partition coefficient (Wildman–Crippen LogP) is 0.428. The highest BCUT2D eigenvalue weighted by atomic mass is 16.3. The SMILES string of the molecule is [C-]#[N+]c1ccc2c(n1)c(N1C[C@@H](CC)NC[C@@H]1CO)nc(=O)n2C. The quantitative estimate of drug-likeness (QED) is 0.795. The van der Waals surface area contributed by atoms with Crippen LogP contribution in [0.3, 0.4) is 0 Å². The molecule has 126 valence electrons. The number of aryl methyl sites for hydroxylation is 1. The number of anilines is 1. The Hall–Kier alpha value is -2.50. The van der Waals surface area contributed by atoms with Crippen LogP contribution in [0.15, 0.2) is 16.9 Å². The minimum Gasteiger partial charge on any atom is -0.394 e. The van der Waals surface area contributed by atoms with E-state index in [0.717, 1.165) is 6.42 Å². The Morgan fingerprint density at radius 1 is 1.46 bits per heavy atom. The second-order valence-corrected chi connectivity index (χ2v) is 5.93. The molecule has 1 aliphatic rings. The smallest absolute Gasteiger partial charge is 0.350 e. The highest BCUT2D eigenvalue weighted by Crippen LogP contribution is 2.26. The number of hydrogen-bond acceptors (Lipinski definition) is 6. The molecule has 3 rings (SSSR count). The summed E-state index contributed by atoms with van der Waals surface area (Å²) in [6.45, 7) is 10.4. The van der Waals surface area contributed by atoms with Gasteiger partial charge in [-0.2, -0.15) is 4.98 Å². The molecule has 8 nitrogen and oxygen atoms in total. The van der Waals surface area contributed by atoms with E-state index in [1.165, 1.54) is 4.57 Å². The largest absolute Gasteiger partial charge is 0.394 e. The number of aliphatic hydroxyl groups is 1. The van der Waals surface area contributed by atoms with Crippen molar-refractivity contribution < 1.29 is 5.11 Å². The van der Waals surface area contributed by atoms with Gasteiger partial charge in [0.2, 0.25) is 5.52 Å². The summed E-state index contributed by atoms with van der Waals surface area (Å²) >= 11 is 0. The third-order valence-corrected chi connectivity index (χ3v) is 4.51. The maximum absolute atomic E-state index is 12.3. The molecule has 1 saturated heterocycles. The van der Waals surface area contributed by atoms with E-state index in [-0.39, 0.29) is 30.2 Å². The summed E-state index contributed by atoms with van der Waals surface area (Å²) in [5.41, 5.74) is 0.764. The minimum absolute atomic E-state index is 0.0513. The summed E-state index contributed by atoms with van der Waals surface area (Å²) in [6, 6.07) is 3.37. The maximum Gasteiger partial charge on any atom is 0.350 e. The number of piperazine rings is 1. The fourth-order valence-corrected chi connectivity index (χ4v) is 3.02. The van der Waals surface area contributed by atoms with E-state index >= 15 is 0 Å². The third-order valence-electron chi connectivity index (χ3n) is 4.51. The summed E-state index contributed by atoms with van der Waals surface area (Å²) < 4.78 is 1.42. The van der Waals surface area contributed by atoms with Crippen molar-refractivity contribution in [2.45, 2.75) is 25.4 Å². The first kappa shape index (κ1) is 16.4. The van der Waals surface area contributed by atoms with Gasteiger partial charge < -0.3 is 20.2 Å². The maximum atomic E-state index is 12.3. The number of aliphatic hydroxyl groups excluding tert-OH is 1. The van der Waals surface area contributed by atoms with Crippen LogP contribution in [0.4, 0.5) is 11.6 Å². The van der Waals surface area contributed by atoms with E-state index in [4.69, 9.17) is 6.57 Å². The lowest BCUT2D eigenvalue weighted by Crippen LogP contribution is -2.58. The third kappa shape index (κ3) is 2.72. The van der Waals surface area contributed by atoms with Crippen LogP contribution < -0.4 is 15.9 Å². The Morgan fingerprint density at radius 2 is 2.25 bits per heavy atom. The monoisotopic (exact) mass is 328 g/mol. The second kappa shape index (κ2) is 6.55. The molecule has 0 unspecified atom stereocenters. The van der Waals surface area contributed by atoms with Crippen molar-refractivity contribution in [3.63, 3.8) is 0 Å². The van der Waals surface area contributed by atoms with Gasteiger partial charge in [-0.05, 0) is 18.6 Å². The van der Waals surface area contributed by atoms with Crippen LogP contribution in [0, 0.1) is 6.57 Å². The van der Waals surface area contributed by atoms with E-state index in [1.807, 2.05) is 4.90 Å². The van der Waals surface area contributed by atoms with Crippen LogP contribution in [0.5, 0.6) is 0 Å². The summed E-state index contributed by atoms with van der Waals surface area (Å²) in [5.74, 6) is 0.699. The van der Waals surface area contributed by atoms with Gasteiger partial charge in [0.1, 0.15) is 0 Å². The Labute approximate surface area is 139 Å². The molecule has 0 aliphatic carbocycles. The Morgan fingerprint density at radius 3 is 2.92 bits per heavy atom. The summed E-state index contributed by atoms with van der Waals surface area (Å²) in [7, 11) is 1.64. The molecule has 0 amide bonds. The van der Waals surface area contributed by atoms with Gasteiger partial charge in [0.05, 0.1) is 18.2 Å². The average Bonchev–Trinajstić information content (AvgIpc) is 2.63. The van der Waals surface area contributed by atoms with Crippen LogP contribution in [0.2, 0.25) is 0 Å². The summed E-state index contributed by atoms with van der Waals surface area (Å²) in [6.07, 6.45) is 0.929. The molecule has 0 bridgehead atoms. The first-order valence-corrected chi connectivity index (χ1v) is 7.95. The molecule has 8 heteroatoms. The van der Waals surface area contributed by atoms with Crippen LogP contribution in [0.1, 0.15) is 13.3 Å². The lowest BCUT2D eigenvalue weighted by Gasteiger charge is -2.39. The van der Waals surface area contributed by atoms with Crippen molar-refractivity contribution >= 4 is 22.7 Å². The van der Waals surface area contributed by atoms with E-state index in [0.29, 0.717) is 29.9 Å². The molecule has 2 aromatic heterocycles. The number of nitrogens with one attached hydrogen (secondary N) is 1. The van der Waals surface area contributed by atoms with Crippen molar-refractivity contribution in [1.82, 2.24) is 19.9 Å². The predicted molar refractivity (Wildman–Crippen MR) is 91.3 cm³/mol. The highest BCUT2D eigenvalue weighted by molar-refractivity contribution is 5.87. The van der Waals surface area contributed by atoms with Crippen molar-refractivity contribution in [3.8, 4) is 0 Å². The minimum atomic E-state index is -0.377. The number of nitrogens with zero attached hydrogens (tertiary/aromatic N) is 5. The van der Waals surface area contributed by atoms with Crippen molar-refractivity contribution in [2.75, 3.05) is 24.6 Å². The molecule has 1 fully saturated rings. The lowest BCUT2D eigenvalue weighted by atomic mass is 10.1. The number of rotatable bonds is 3. The van der Waals surface area contributed by atoms with E-state index in [9.17, 15) is 9.90 Å². The normalized spacial score (nSPS) is 21.0. The molecule has 0 saturated carbocycles.